The van der Waals surface area contributed by atoms with Gasteiger partial charge in [-0.25, -0.2) is 0 Å². The first-order chi connectivity index (χ1) is 17.2. The summed E-state index contributed by atoms with van der Waals surface area (Å²) in [7, 11) is 1.71. The monoisotopic (exact) mass is 514 g/mol. The number of hydrogen-bond acceptors (Lipinski definition) is 7. The van der Waals surface area contributed by atoms with Crippen LogP contribution in [0.3, 0.4) is 0 Å². The quantitative estimate of drug-likeness (QED) is 0.214. The van der Waals surface area contributed by atoms with Gasteiger partial charge >= 0.3 is 0 Å². The number of benzene rings is 2. The molecule has 2 heterocycles. The number of aliphatic hydroxyl groups excluding tert-OH is 1. The molecule has 0 spiro atoms. The van der Waals surface area contributed by atoms with Crippen molar-refractivity contribution in [3.8, 4) is 22.6 Å². The van der Waals surface area contributed by atoms with E-state index in [0.717, 1.165) is 53.4 Å². The number of hydrogen-bond donors (Lipinski definition) is 1. The van der Waals surface area contributed by atoms with Crippen molar-refractivity contribution in [2.75, 3.05) is 39.5 Å². The molecule has 0 radical (unpaired) electrons. The van der Waals surface area contributed by atoms with Gasteiger partial charge in [0.15, 0.2) is 6.79 Å². The zero-order chi connectivity index (χ0) is 24.7. The van der Waals surface area contributed by atoms with Gasteiger partial charge < -0.3 is 24.1 Å². The average Bonchev–Trinajstić information content (AvgIpc) is 3.54. The summed E-state index contributed by atoms with van der Waals surface area (Å²) < 4.78 is 21.6. The third kappa shape index (κ3) is 8.70. The lowest BCUT2D eigenvalue weighted by Crippen LogP contribution is -2.09. The Bertz CT molecular complexity index is 1020. The molecule has 1 aromatic heterocycles. The minimum atomic E-state index is -0.386. The van der Waals surface area contributed by atoms with Gasteiger partial charge in [-0.15, -0.1) is 23.1 Å². The number of para-hydroxylation sites is 1. The molecule has 1 aliphatic heterocycles. The second-order valence-electron chi connectivity index (χ2n) is 7.74. The van der Waals surface area contributed by atoms with Crippen LogP contribution in [-0.4, -0.2) is 50.7 Å². The second-order valence-corrected chi connectivity index (χ2v) is 9.38. The number of thioether (sulfide) groups is 1. The number of rotatable bonds is 12. The van der Waals surface area contributed by atoms with E-state index in [1.165, 1.54) is 5.56 Å². The molecule has 2 aromatic carbocycles. The summed E-state index contributed by atoms with van der Waals surface area (Å²) >= 11 is 3.28. The van der Waals surface area contributed by atoms with Gasteiger partial charge in [0.25, 0.3) is 0 Å². The fraction of sp³-hybridized carbons (Fsp3) is 0.357. The van der Waals surface area contributed by atoms with Crippen LogP contribution in [0.2, 0.25) is 0 Å². The van der Waals surface area contributed by atoms with E-state index in [9.17, 15) is 5.11 Å². The van der Waals surface area contributed by atoms with E-state index < -0.39 is 0 Å². The van der Waals surface area contributed by atoms with Gasteiger partial charge in [-0.05, 0) is 42.4 Å². The molecule has 4 rings (SSSR count). The highest BCUT2D eigenvalue weighted by Crippen LogP contribution is 2.36. The van der Waals surface area contributed by atoms with Gasteiger partial charge in [0.1, 0.15) is 11.5 Å². The Morgan fingerprint density at radius 2 is 1.66 bits per heavy atom. The average molecular weight is 515 g/mol. The van der Waals surface area contributed by atoms with Crippen molar-refractivity contribution in [2.24, 2.45) is 0 Å². The topological polar surface area (TPSA) is 57.2 Å². The van der Waals surface area contributed by atoms with E-state index >= 15 is 0 Å². The molecule has 0 bridgehead atoms. The van der Waals surface area contributed by atoms with Crippen LogP contribution in [0.1, 0.15) is 25.3 Å². The SMILES string of the molecule is CCOCOc1cscc1-c1ccccc1.COCCCCOc1ccccc1C1=CSCC1O. The molecule has 0 fully saturated rings. The summed E-state index contributed by atoms with van der Waals surface area (Å²) in [5.74, 6) is 2.48. The van der Waals surface area contributed by atoms with E-state index in [-0.39, 0.29) is 6.10 Å². The smallest absolute Gasteiger partial charge is 0.189 e. The summed E-state index contributed by atoms with van der Waals surface area (Å²) in [5, 5.41) is 16.1. The van der Waals surface area contributed by atoms with Crippen LogP contribution < -0.4 is 9.47 Å². The van der Waals surface area contributed by atoms with Crippen molar-refractivity contribution in [3.05, 3.63) is 76.3 Å². The van der Waals surface area contributed by atoms with E-state index in [1.54, 1.807) is 30.2 Å². The Labute approximate surface area is 216 Å². The van der Waals surface area contributed by atoms with Gasteiger partial charge in [0.05, 0.1) is 12.7 Å². The summed E-state index contributed by atoms with van der Waals surface area (Å²) in [6.07, 6.45) is 1.58. The Morgan fingerprint density at radius 1 is 0.886 bits per heavy atom. The molecule has 0 amide bonds. The van der Waals surface area contributed by atoms with E-state index in [1.807, 2.05) is 60.2 Å². The first-order valence-electron chi connectivity index (χ1n) is 11.8. The molecular formula is C28H34O5S2. The van der Waals surface area contributed by atoms with Crippen molar-refractivity contribution in [3.63, 3.8) is 0 Å². The van der Waals surface area contributed by atoms with Gasteiger partial charge in [0, 0.05) is 48.0 Å². The van der Waals surface area contributed by atoms with E-state index in [4.69, 9.17) is 18.9 Å². The molecule has 1 aliphatic rings. The zero-order valence-corrected chi connectivity index (χ0v) is 22.0. The van der Waals surface area contributed by atoms with Crippen LogP contribution in [0.5, 0.6) is 11.5 Å². The second kappa shape index (κ2) is 15.7. The van der Waals surface area contributed by atoms with Crippen LogP contribution >= 0.6 is 23.1 Å². The zero-order valence-electron chi connectivity index (χ0n) is 20.4. The molecule has 0 saturated carbocycles. The highest BCUT2D eigenvalue weighted by molar-refractivity contribution is 8.02. The normalized spacial score (nSPS) is 14.7. The van der Waals surface area contributed by atoms with Crippen LogP contribution in [-0.2, 0) is 9.47 Å². The fourth-order valence-electron chi connectivity index (χ4n) is 3.42. The number of ether oxygens (including phenoxy) is 4. The Hall–Kier alpha value is -2.29. The lowest BCUT2D eigenvalue weighted by Gasteiger charge is -2.14. The minimum absolute atomic E-state index is 0.313. The highest BCUT2D eigenvalue weighted by atomic mass is 32.2. The first kappa shape index (κ1) is 27.3. The highest BCUT2D eigenvalue weighted by Gasteiger charge is 2.21. The largest absolute Gasteiger partial charge is 0.493 e. The molecule has 1 atom stereocenters. The lowest BCUT2D eigenvalue weighted by atomic mass is 10.0. The maximum absolute atomic E-state index is 9.95. The summed E-state index contributed by atoms with van der Waals surface area (Å²) in [6.45, 7) is 4.38. The molecule has 7 heteroatoms. The standard InChI is InChI=1S/C15H20O3S.C13H14O2S/c1-17-8-4-5-9-18-15-7-3-2-6-12(15)13-10-19-11-14(13)16;1-2-14-10-15-13-9-16-8-12(13)11-6-4-3-5-7-11/h2-3,6-7,10,14,16H,4-5,8-9,11H2,1H3;3-9H,2,10H2,1H3. The number of thiophene rings is 1. The summed E-state index contributed by atoms with van der Waals surface area (Å²) in [4.78, 5) is 0. The van der Waals surface area contributed by atoms with Crippen LogP contribution in [0.25, 0.3) is 16.7 Å². The molecule has 1 N–H and O–H groups in total. The summed E-state index contributed by atoms with van der Waals surface area (Å²) in [5.41, 5.74) is 4.28. The Kier molecular flexibility index (Phi) is 12.2. The molecule has 35 heavy (non-hydrogen) atoms. The molecule has 188 valence electrons. The maximum atomic E-state index is 9.95. The Morgan fingerprint density at radius 3 is 2.40 bits per heavy atom. The fourth-order valence-corrected chi connectivity index (χ4v) is 5.11. The van der Waals surface area contributed by atoms with Gasteiger partial charge in [-0.1, -0.05) is 48.5 Å². The van der Waals surface area contributed by atoms with Crippen molar-refractivity contribution >= 4 is 28.7 Å². The van der Waals surface area contributed by atoms with Crippen molar-refractivity contribution in [1.82, 2.24) is 0 Å². The van der Waals surface area contributed by atoms with Crippen LogP contribution in [0.15, 0.2) is 70.8 Å². The van der Waals surface area contributed by atoms with E-state index in [2.05, 4.69) is 17.5 Å². The molecule has 1 unspecified atom stereocenters. The molecule has 0 saturated heterocycles. The summed E-state index contributed by atoms with van der Waals surface area (Å²) in [6, 6.07) is 18.1. The lowest BCUT2D eigenvalue weighted by molar-refractivity contribution is 0.0230. The van der Waals surface area contributed by atoms with Crippen molar-refractivity contribution in [2.45, 2.75) is 25.9 Å². The van der Waals surface area contributed by atoms with Crippen molar-refractivity contribution < 1.29 is 24.1 Å². The van der Waals surface area contributed by atoms with Crippen molar-refractivity contribution in [1.29, 1.82) is 0 Å². The number of aliphatic hydroxyl groups is 1. The van der Waals surface area contributed by atoms with Gasteiger partial charge in [0.2, 0.25) is 0 Å². The van der Waals surface area contributed by atoms with Gasteiger partial charge in [-0.2, -0.15) is 0 Å². The van der Waals surface area contributed by atoms with E-state index in [0.29, 0.717) is 20.0 Å². The molecule has 3 aromatic rings. The number of unbranched alkanes of at least 4 members (excludes halogenated alkanes) is 1. The first-order valence-corrected chi connectivity index (χ1v) is 13.8. The number of methoxy groups -OCH3 is 1. The minimum Gasteiger partial charge on any atom is -0.493 e. The molecule has 0 aliphatic carbocycles. The predicted octanol–water partition coefficient (Wildman–Crippen LogP) is 6.73. The molecular weight excluding hydrogens is 480 g/mol. The third-order valence-corrected chi connectivity index (χ3v) is 6.89. The third-order valence-electron chi connectivity index (χ3n) is 5.23. The predicted molar refractivity (Wildman–Crippen MR) is 146 cm³/mol. The molecule has 5 nitrogen and oxygen atoms in total. The maximum Gasteiger partial charge on any atom is 0.189 e. The van der Waals surface area contributed by atoms with Gasteiger partial charge in [-0.3, -0.25) is 0 Å². The van der Waals surface area contributed by atoms with Crippen LogP contribution in [0, 0.1) is 0 Å². The Balaban J connectivity index is 0.000000198. The van der Waals surface area contributed by atoms with Crippen LogP contribution in [0.4, 0.5) is 0 Å².